The molecule has 0 saturated heterocycles. The fourth-order valence-electron chi connectivity index (χ4n) is 7.18. The maximum atomic E-state index is 15.5. The highest BCUT2D eigenvalue weighted by molar-refractivity contribution is 5.00. The molecule has 3 aliphatic carbocycles. The summed E-state index contributed by atoms with van der Waals surface area (Å²) in [5, 5.41) is 0. The van der Waals surface area contributed by atoms with E-state index < -0.39 is 5.92 Å². The van der Waals surface area contributed by atoms with Gasteiger partial charge in [0.1, 0.15) is 0 Å². The third kappa shape index (κ3) is 4.40. The van der Waals surface area contributed by atoms with Crippen molar-refractivity contribution in [3.05, 3.63) is 0 Å². The van der Waals surface area contributed by atoms with E-state index in [1.54, 1.807) is 0 Å². The lowest BCUT2D eigenvalue weighted by atomic mass is 9.52. The summed E-state index contributed by atoms with van der Waals surface area (Å²) in [5.74, 6) is 1.92. The van der Waals surface area contributed by atoms with Crippen molar-refractivity contribution >= 4 is 0 Å². The molecule has 0 N–H and O–H groups in total. The predicted molar refractivity (Wildman–Crippen MR) is 111 cm³/mol. The van der Waals surface area contributed by atoms with Gasteiger partial charge in [-0.1, -0.05) is 54.4 Å². The van der Waals surface area contributed by atoms with Crippen LogP contribution in [0.25, 0.3) is 0 Å². The minimum absolute atomic E-state index is 0.178. The van der Waals surface area contributed by atoms with E-state index in [0.29, 0.717) is 41.4 Å². The van der Waals surface area contributed by atoms with E-state index in [9.17, 15) is 0 Å². The second-order valence-corrected chi connectivity index (χ2v) is 11.5. The van der Waals surface area contributed by atoms with Gasteiger partial charge >= 0.3 is 0 Å². The van der Waals surface area contributed by atoms with Gasteiger partial charge in [-0.05, 0) is 85.4 Å². The molecule has 0 amide bonds. The molecule has 2 heteroatoms. The molecule has 3 rings (SSSR count). The van der Waals surface area contributed by atoms with Gasteiger partial charge in [0, 0.05) is 12.3 Å². The van der Waals surface area contributed by atoms with Crippen molar-refractivity contribution in [2.45, 2.75) is 98.8 Å². The highest BCUT2D eigenvalue weighted by Crippen LogP contribution is 2.58. The topological polar surface area (TPSA) is 0 Å². The van der Waals surface area contributed by atoms with Crippen molar-refractivity contribution in [2.24, 2.45) is 59.2 Å². The first-order valence-corrected chi connectivity index (χ1v) is 12.0. The molecule has 0 spiro atoms. The third-order valence-corrected chi connectivity index (χ3v) is 9.04. The molecule has 3 saturated carbocycles. The van der Waals surface area contributed by atoms with E-state index in [2.05, 4.69) is 41.5 Å². The van der Waals surface area contributed by atoms with E-state index in [-0.39, 0.29) is 24.2 Å². The molecular formula is C25H44F2. The number of hydrogen-bond acceptors (Lipinski definition) is 0. The smallest absolute Gasteiger partial charge is 0.207 e. The second-order valence-electron chi connectivity index (χ2n) is 11.5. The van der Waals surface area contributed by atoms with Crippen molar-refractivity contribution in [3.8, 4) is 0 Å². The van der Waals surface area contributed by atoms with Crippen LogP contribution in [0.3, 0.4) is 0 Å². The number of alkyl halides is 2. The van der Waals surface area contributed by atoms with Crippen molar-refractivity contribution < 1.29 is 8.78 Å². The van der Waals surface area contributed by atoms with Gasteiger partial charge in [0.15, 0.2) is 0 Å². The minimum atomic E-state index is -2.45. The minimum Gasteiger partial charge on any atom is -0.207 e. The molecule has 0 heterocycles. The van der Waals surface area contributed by atoms with Crippen LogP contribution < -0.4 is 0 Å². The maximum absolute atomic E-state index is 15.5. The Morgan fingerprint density at radius 1 is 0.704 bits per heavy atom. The molecule has 3 aliphatic rings. The van der Waals surface area contributed by atoms with Crippen molar-refractivity contribution in [1.82, 2.24) is 0 Å². The maximum Gasteiger partial charge on any atom is 0.251 e. The highest BCUT2D eigenvalue weighted by atomic mass is 19.3. The van der Waals surface area contributed by atoms with Gasteiger partial charge in [0.05, 0.1) is 0 Å². The van der Waals surface area contributed by atoms with E-state index in [1.165, 1.54) is 19.3 Å². The Balaban J connectivity index is 1.77. The summed E-state index contributed by atoms with van der Waals surface area (Å²) in [6, 6.07) is 0. The van der Waals surface area contributed by atoms with Gasteiger partial charge in [0.2, 0.25) is 0 Å². The van der Waals surface area contributed by atoms with Crippen molar-refractivity contribution in [2.75, 3.05) is 0 Å². The van der Waals surface area contributed by atoms with Crippen molar-refractivity contribution in [1.29, 1.82) is 0 Å². The molecule has 0 radical (unpaired) electrons. The fraction of sp³-hybridized carbons (Fsp3) is 1.00. The zero-order chi connectivity index (χ0) is 19.9. The van der Waals surface area contributed by atoms with Crippen LogP contribution in [-0.4, -0.2) is 5.92 Å². The lowest BCUT2D eigenvalue weighted by molar-refractivity contribution is -0.170. The average Bonchev–Trinajstić information content (AvgIpc) is 2.52. The van der Waals surface area contributed by atoms with Gasteiger partial charge in [-0.15, -0.1) is 0 Å². The lowest BCUT2D eigenvalue weighted by Gasteiger charge is -2.54. The van der Waals surface area contributed by atoms with Crippen LogP contribution in [0.2, 0.25) is 0 Å². The average molecular weight is 383 g/mol. The van der Waals surface area contributed by atoms with Gasteiger partial charge < -0.3 is 0 Å². The Morgan fingerprint density at radius 2 is 1.37 bits per heavy atom. The first-order valence-electron chi connectivity index (χ1n) is 12.0. The molecule has 0 aliphatic heterocycles. The van der Waals surface area contributed by atoms with Crippen LogP contribution in [0.15, 0.2) is 0 Å². The normalized spacial score (nSPS) is 42.6. The Bertz CT molecular complexity index is 481. The summed E-state index contributed by atoms with van der Waals surface area (Å²) in [5.41, 5.74) is 0. The molecule has 7 atom stereocenters. The molecule has 7 unspecified atom stereocenters. The standard InChI is InChI=1S/C25H44F2/c1-15(2)18-8-7-9-19(12-18)24-13-22(17(5)6)23(14-25(24,26)27)21-11-10-20(21)16(3)4/h15-24H,7-14H2,1-6H3. The summed E-state index contributed by atoms with van der Waals surface area (Å²) in [7, 11) is 0. The zero-order valence-electron chi connectivity index (χ0n) is 18.7. The van der Waals surface area contributed by atoms with Crippen LogP contribution in [0.5, 0.6) is 0 Å². The van der Waals surface area contributed by atoms with Gasteiger partial charge in [0.25, 0.3) is 5.92 Å². The zero-order valence-corrected chi connectivity index (χ0v) is 18.7. The first kappa shape index (κ1) is 21.6. The Hall–Kier alpha value is -0.140. The van der Waals surface area contributed by atoms with E-state index >= 15 is 8.78 Å². The molecule has 3 fully saturated rings. The largest absolute Gasteiger partial charge is 0.251 e. The van der Waals surface area contributed by atoms with Crippen LogP contribution in [-0.2, 0) is 0 Å². The Kier molecular flexibility index (Phi) is 6.64. The van der Waals surface area contributed by atoms with Gasteiger partial charge in [-0.3, -0.25) is 0 Å². The van der Waals surface area contributed by atoms with Crippen LogP contribution in [0, 0.1) is 59.2 Å². The van der Waals surface area contributed by atoms with E-state index in [4.69, 9.17) is 0 Å². The second kappa shape index (κ2) is 8.31. The first-order chi connectivity index (χ1) is 12.6. The quantitative estimate of drug-likeness (QED) is 0.451. The van der Waals surface area contributed by atoms with Crippen molar-refractivity contribution in [3.63, 3.8) is 0 Å². The van der Waals surface area contributed by atoms with Crippen LogP contribution >= 0.6 is 0 Å². The van der Waals surface area contributed by atoms with Crippen LogP contribution in [0.4, 0.5) is 8.78 Å². The summed E-state index contributed by atoms with van der Waals surface area (Å²) >= 11 is 0. The van der Waals surface area contributed by atoms with E-state index in [1.807, 2.05) is 0 Å². The fourth-order valence-corrected chi connectivity index (χ4v) is 7.18. The molecule has 0 aromatic heterocycles. The molecule has 0 aromatic rings. The molecule has 0 bridgehead atoms. The molecule has 158 valence electrons. The highest BCUT2D eigenvalue weighted by Gasteiger charge is 2.56. The van der Waals surface area contributed by atoms with Gasteiger partial charge in [-0.25, -0.2) is 8.78 Å². The Labute approximate surface area is 167 Å². The molecule has 27 heavy (non-hydrogen) atoms. The third-order valence-electron chi connectivity index (χ3n) is 9.04. The molecule has 0 nitrogen and oxygen atoms in total. The number of halogens is 2. The summed E-state index contributed by atoms with van der Waals surface area (Å²) in [6.45, 7) is 13.7. The lowest BCUT2D eigenvalue weighted by Crippen LogP contribution is -2.51. The number of rotatable bonds is 5. The summed E-state index contributed by atoms with van der Waals surface area (Å²) in [4.78, 5) is 0. The summed E-state index contributed by atoms with van der Waals surface area (Å²) in [6.07, 6.45) is 7.91. The van der Waals surface area contributed by atoms with Crippen LogP contribution in [0.1, 0.15) is 92.9 Å². The van der Waals surface area contributed by atoms with E-state index in [0.717, 1.165) is 25.7 Å². The predicted octanol–water partition coefficient (Wildman–Crippen LogP) is 8.06. The SMILES string of the molecule is CC(C)C1CCCC(C2CC(C(C)C)C(C3CCC3C(C)C)CC2(F)F)C1. The monoisotopic (exact) mass is 382 g/mol. The van der Waals surface area contributed by atoms with Gasteiger partial charge in [-0.2, -0.15) is 0 Å². The summed E-state index contributed by atoms with van der Waals surface area (Å²) < 4.78 is 31.0. The Morgan fingerprint density at radius 3 is 1.89 bits per heavy atom. The molecular weight excluding hydrogens is 338 g/mol. The molecule has 0 aromatic carbocycles. The number of hydrogen-bond donors (Lipinski definition) is 0.